The summed E-state index contributed by atoms with van der Waals surface area (Å²) >= 11 is 0. The summed E-state index contributed by atoms with van der Waals surface area (Å²) in [6.07, 6.45) is 7.40. The highest BCUT2D eigenvalue weighted by molar-refractivity contribution is 6.21. The van der Waals surface area contributed by atoms with E-state index in [0.29, 0.717) is 108 Å². The molecule has 0 aliphatic carbocycles. The van der Waals surface area contributed by atoms with Crippen LogP contribution in [0.4, 0.5) is 14.4 Å². The third-order valence-electron chi connectivity index (χ3n) is 8.81. The third kappa shape index (κ3) is 17.6. The summed E-state index contributed by atoms with van der Waals surface area (Å²) in [4.78, 5) is 78.9. The lowest BCUT2D eigenvalue weighted by Crippen LogP contribution is -2.51. The number of benzene rings is 1. The Balaban J connectivity index is 1.93. The van der Waals surface area contributed by atoms with Crippen LogP contribution in [0.3, 0.4) is 0 Å². The second-order valence-electron chi connectivity index (χ2n) is 13.3. The number of rotatable bonds is 29. The van der Waals surface area contributed by atoms with Gasteiger partial charge in [0.15, 0.2) is 0 Å². The number of imide groups is 1. The zero-order valence-corrected chi connectivity index (χ0v) is 32.7. The lowest BCUT2D eigenvalue weighted by molar-refractivity contribution is -0.126. The first-order chi connectivity index (χ1) is 26.2. The van der Waals surface area contributed by atoms with Crippen molar-refractivity contribution in [1.29, 1.82) is 0 Å². The molecular weight excluding hydrogens is 696 g/mol. The Morgan fingerprint density at radius 2 is 1.17 bits per heavy atom. The van der Waals surface area contributed by atoms with E-state index in [0.717, 1.165) is 32.1 Å². The van der Waals surface area contributed by atoms with Crippen molar-refractivity contribution in [1.82, 2.24) is 31.1 Å². The molecule has 1 aliphatic rings. The van der Waals surface area contributed by atoms with Crippen LogP contribution < -0.4 is 21.3 Å². The van der Waals surface area contributed by atoms with E-state index < -0.39 is 24.3 Å². The fourth-order valence-electron chi connectivity index (χ4n) is 5.64. The monoisotopic (exact) mass is 760 g/mol. The second-order valence-corrected chi connectivity index (χ2v) is 13.3. The molecule has 1 aromatic carbocycles. The van der Waals surface area contributed by atoms with Gasteiger partial charge in [-0.2, -0.15) is 0 Å². The molecule has 54 heavy (non-hydrogen) atoms. The minimum absolute atomic E-state index is 0.187. The van der Waals surface area contributed by atoms with Gasteiger partial charge >= 0.3 is 18.3 Å². The predicted molar refractivity (Wildman–Crippen MR) is 205 cm³/mol. The topological polar surface area (TPSA) is 185 Å². The molecule has 1 aromatic rings. The Bertz CT molecular complexity index is 1260. The smallest absolute Gasteiger partial charge is 0.410 e. The molecule has 15 nitrogen and oxygen atoms in total. The lowest BCUT2D eigenvalue weighted by Gasteiger charge is -2.30. The first kappa shape index (κ1) is 45.8. The number of carbonyl (C=O) groups is 6. The van der Waals surface area contributed by atoms with E-state index in [2.05, 4.69) is 21.3 Å². The van der Waals surface area contributed by atoms with Crippen LogP contribution >= 0.6 is 0 Å². The number of alkyl carbamates (subject to hydrolysis) is 2. The Morgan fingerprint density at radius 1 is 0.630 bits per heavy atom. The number of nitrogens with one attached hydrogen (secondary N) is 4. The number of nitrogens with zero attached hydrogens (tertiary/aromatic N) is 2. The van der Waals surface area contributed by atoms with E-state index in [4.69, 9.17) is 14.2 Å². The van der Waals surface area contributed by atoms with Gasteiger partial charge < -0.3 is 35.5 Å². The van der Waals surface area contributed by atoms with Crippen molar-refractivity contribution >= 4 is 36.0 Å². The zero-order chi connectivity index (χ0) is 39.4. The number of amides is 6. The molecule has 6 amide bonds. The summed E-state index contributed by atoms with van der Waals surface area (Å²) in [6.45, 7) is 9.80. The van der Waals surface area contributed by atoms with Crippen molar-refractivity contribution < 1.29 is 43.0 Å². The minimum Gasteiger partial charge on any atom is -0.450 e. The Hall–Kier alpha value is -4.40. The van der Waals surface area contributed by atoms with Crippen molar-refractivity contribution in [3.63, 3.8) is 0 Å². The molecule has 4 N–H and O–H groups in total. The number of unbranched alkanes of at least 4 members (excludes halogenated alkanes) is 5. The molecule has 1 heterocycles. The van der Waals surface area contributed by atoms with E-state index in [1.165, 1.54) is 9.80 Å². The summed E-state index contributed by atoms with van der Waals surface area (Å²) in [6, 6.07) is 5.99. The van der Waals surface area contributed by atoms with Crippen molar-refractivity contribution in [2.24, 2.45) is 0 Å². The zero-order valence-electron chi connectivity index (χ0n) is 32.7. The summed E-state index contributed by atoms with van der Waals surface area (Å²) in [7, 11) is 0. The highest BCUT2D eigenvalue weighted by Crippen LogP contribution is 2.22. The maximum Gasteiger partial charge on any atom is 0.410 e. The number of carbonyl (C=O) groups excluding carboxylic acids is 6. The molecule has 0 radical (unpaired) electrons. The highest BCUT2D eigenvalue weighted by Gasteiger charge is 2.34. The van der Waals surface area contributed by atoms with Gasteiger partial charge in [0, 0.05) is 32.7 Å². The van der Waals surface area contributed by atoms with E-state index in [9.17, 15) is 28.8 Å². The summed E-state index contributed by atoms with van der Waals surface area (Å²) < 4.78 is 15.8. The van der Waals surface area contributed by atoms with Crippen LogP contribution in [0.15, 0.2) is 24.3 Å². The maximum atomic E-state index is 13.7. The van der Waals surface area contributed by atoms with Gasteiger partial charge in [-0.1, -0.05) is 52.2 Å². The number of hydrogen-bond donors (Lipinski definition) is 4. The van der Waals surface area contributed by atoms with Crippen LogP contribution in [0, 0.1) is 0 Å². The van der Waals surface area contributed by atoms with E-state index in [1.807, 2.05) is 20.8 Å². The standard InChI is InChI=1S/C39H64N6O9/c1-4-7-28-52-37(49)42-24-16-22-40-21-15-20-33(44(39(51)54-30-9-6-3)27-17-25-43-38(50)53-29-8-5-2)34(46)41-23-13-10-14-26-45-35(47)31-18-11-12-19-32(31)36(45)48/h11-12,18-19,33,40H,4-10,13-17,20-30H2,1-3H3,(H,41,46)(H,42,49)(H,43,50). The second kappa shape index (κ2) is 28.1. The Labute approximate surface area is 320 Å². The average Bonchev–Trinajstić information content (AvgIpc) is 3.41. The molecule has 15 heteroatoms. The van der Waals surface area contributed by atoms with Crippen molar-refractivity contribution in [3.8, 4) is 0 Å². The van der Waals surface area contributed by atoms with Gasteiger partial charge in [-0.15, -0.1) is 0 Å². The highest BCUT2D eigenvalue weighted by atomic mass is 16.6. The molecule has 1 aliphatic heterocycles. The summed E-state index contributed by atoms with van der Waals surface area (Å²) in [5.41, 5.74) is 0.849. The largest absolute Gasteiger partial charge is 0.450 e. The van der Waals surface area contributed by atoms with Crippen LogP contribution in [-0.2, 0) is 19.0 Å². The Morgan fingerprint density at radius 3 is 1.76 bits per heavy atom. The van der Waals surface area contributed by atoms with E-state index in [1.54, 1.807) is 24.3 Å². The summed E-state index contributed by atoms with van der Waals surface area (Å²) in [5, 5.41) is 11.8. The summed E-state index contributed by atoms with van der Waals surface area (Å²) in [5.74, 6) is -0.870. The molecule has 0 saturated heterocycles. The average molecular weight is 761 g/mol. The number of ether oxygens (including phenoxy) is 3. The molecule has 0 saturated carbocycles. The SMILES string of the molecule is CCCCOC(=O)NCCCNCCCC(C(=O)NCCCCCN1C(=O)c2ccccc2C1=O)N(CCCNC(=O)OCCCC)C(=O)OCCCC. The first-order valence-corrected chi connectivity index (χ1v) is 19.9. The van der Waals surface area contributed by atoms with Crippen molar-refractivity contribution in [3.05, 3.63) is 35.4 Å². The quantitative estimate of drug-likeness (QED) is 0.0470. The molecule has 1 atom stereocenters. The van der Waals surface area contributed by atoms with Crippen LogP contribution in [0.5, 0.6) is 0 Å². The van der Waals surface area contributed by atoms with Gasteiger partial charge in [0.25, 0.3) is 11.8 Å². The van der Waals surface area contributed by atoms with Gasteiger partial charge in [0.2, 0.25) is 5.91 Å². The molecule has 0 spiro atoms. The van der Waals surface area contributed by atoms with Crippen LogP contribution in [-0.4, -0.2) is 117 Å². The van der Waals surface area contributed by atoms with Gasteiger partial charge in [-0.3, -0.25) is 24.2 Å². The third-order valence-corrected chi connectivity index (χ3v) is 8.81. The number of fused-ring (bicyclic) bond motifs is 1. The number of hydrogen-bond acceptors (Lipinski definition) is 10. The maximum absolute atomic E-state index is 13.7. The first-order valence-electron chi connectivity index (χ1n) is 19.9. The fourth-order valence-corrected chi connectivity index (χ4v) is 5.64. The molecule has 304 valence electrons. The lowest BCUT2D eigenvalue weighted by atomic mass is 10.1. The minimum atomic E-state index is -0.810. The van der Waals surface area contributed by atoms with Crippen LogP contribution in [0.1, 0.15) is 125 Å². The van der Waals surface area contributed by atoms with Gasteiger partial charge in [0.1, 0.15) is 6.04 Å². The van der Waals surface area contributed by atoms with Crippen LogP contribution in [0.2, 0.25) is 0 Å². The van der Waals surface area contributed by atoms with E-state index in [-0.39, 0.29) is 37.4 Å². The predicted octanol–water partition coefficient (Wildman–Crippen LogP) is 5.38. The molecular formula is C39H64N6O9. The normalized spacial score (nSPS) is 12.5. The molecule has 0 bridgehead atoms. The molecule has 1 unspecified atom stereocenters. The van der Waals surface area contributed by atoms with Gasteiger partial charge in [-0.05, 0) is 89.4 Å². The Kier molecular flexibility index (Phi) is 23.8. The molecule has 0 fully saturated rings. The van der Waals surface area contributed by atoms with Crippen molar-refractivity contribution in [2.75, 3.05) is 65.6 Å². The van der Waals surface area contributed by atoms with E-state index >= 15 is 0 Å². The van der Waals surface area contributed by atoms with Crippen LogP contribution in [0.25, 0.3) is 0 Å². The van der Waals surface area contributed by atoms with Crippen molar-refractivity contribution in [2.45, 2.75) is 110 Å². The molecule has 2 rings (SSSR count). The van der Waals surface area contributed by atoms with Gasteiger partial charge in [0.05, 0.1) is 30.9 Å². The molecule has 0 aromatic heterocycles. The van der Waals surface area contributed by atoms with Gasteiger partial charge in [-0.25, -0.2) is 14.4 Å². The fraction of sp³-hybridized carbons (Fsp3) is 0.692.